The monoisotopic (exact) mass is 642 g/mol. The van der Waals surface area contributed by atoms with E-state index in [-0.39, 0.29) is 5.91 Å². The highest BCUT2D eigenvalue weighted by Crippen LogP contribution is 2.40. The van der Waals surface area contributed by atoms with E-state index in [1.807, 2.05) is 47.9 Å². The lowest BCUT2D eigenvalue weighted by Gasteiger charge is -2.37. The van der Waals surface area contributed by atoms with Crippen LogP contribution in [0.15, 0.2) is 140 Å². The first-order chi connectivity index (χ1) is 22.9. The van der Waals surface area contributed by atoms with Crippen molar-refractivity contribution in [1.29, 1.82) is 0 Å². The van der Waals surface area contributed by atoms with Crippen molar-refractivity contribution < 1.29 is 9.53 Å². The predicted octanol–water partition coefficient (Wildman–Crippen LogP) is 7.73. The molecule has 0 bridgehead atoms. The summed E-state index contributed by atoms with van der Waals surface area (Å²) in [6.45, 7) is 0.814. The first kappa shape index (κ1) is 31.4. The summed E-state index contributed by atoms with van der Waals surface area (Å²) in [7, 11) is 3.73. The molecule has 236 valence electrons. The smallest absolute Gasteiger partial charge is 0.257 e. The molecule has 0 atom stereocenters. The predicted molar refractivity (Wildman–Crippen MR) is 189 cm³/mol. The van der Waals surface area contributed by atoms with Gasteiger partial charge >= 0.3 is 0 Å². The lowest BCUT2D eigenvalue weighted by Crippen LogP contribution is -2.39. The minimum absolute atomic E-state index is 0.253. The van der Waals surface area contributed by atoms with Gasteiger partial charge in [-0.15, -0.1) is 0 Å². The van der Waals surface area contributed by atoms with Gasteiger partial charge in [-0.1, -0.05) is 103 Å². The number of carbonyl (C=O) groups excluding carboxylic acids is 1. The number of carbonyl (C=O) groups is 1. The molecule has 0 aliphatic rings. The molecule has 1 amide bonds. The molecular weight excluding hydrogens is 608 g/mol. The fourth-order valence-corrected chi connectivity index (χ4v) is 5.80. The van der Waals surface area contributed by atoms with Crippen LogP contribution in [0, 0.1) is 0 Å². The fourth-order valence-electron chi connectivity index (χ4n) is 5.63. The van der Waals surface area contributed by atoms with E-state index in [9.17, 15) is 4.79 Å². The number of pyridine rings is 1. The highest BCUT2D eigenvalue weighted by molar-refractivity contribution is 6.31. The number of benzene rings is 4. The summed E-state index contributed by atoms with van der Waals surface area (Å²) < 4.78 is 7.89. The summed E-state index contributed by atoms with van der Waals surface area (Å²) >= 11 is 6.14. The van der Waals surface area contributed by atoms with Crippen LogP contribution in [0.3, 0.4) is 0 Å². The molecule has 0 aliphatic heterocycles. The maximum atomic E-state index is 13.0. The van der Waals surface area contributed by atoms with Crippen molar-refractivity contribution in [2.75, 3.05) is 36.2 Å². The first-order valence-electron chi connectivity index (χ1n) is 15.3. The quantitative estimate of drug-likeness (QED) is 0.133. The Morgan fingerprint density at radius 2 is 1.45 bits per heavy atom. The van der Waals surface area contributed by atoms with Gasteiger partial charge in [-0.2, -0.15) is 5.10 Å². The Balaban J connectivity index is 1.17. The van der Waals surface area contributed by atoms with Crippen LogP contribution in [0.1, 0.15) is 27.0 Å². The van der Waals surface area contributed by atoms with Gasteiger partial charge in [-0.05, 0) is 41.0 Å². The zero-order chi connectivity index (χ0) is 32.6. The molecule has 0 spiro atoms. The van der Waals surface area contributed by atoms with E-state index in [4.69, 9.17) is 16.3 Å². The summed E-state index contributed by atoms with van der Waals surface area (Å²) in [5.74, 6) is 1.03. The van der Waals surface area contributed by atoms with Gasteiger partial charge < -0.3 is 20.3 Å². The number of halogens is 1. The Labute approximate surface area is 279 Å². The molecule has 6 rings (SSSR count). The lowest BCUT2D eigenvalue weighted by molar-refractivity contribution is 0.102. The van der Waals surface area contributed by atoms with Crippen LogP contribution in [0.4, 0.5) is 17.2 Å². The fraction of sp³-hybridized carbons (Fsp3) is 0.132. The van der Waals surface area contributed by atoms with Gasteiger partial charge in [0.1, 0.15) is 18.0 Å². The third kappa shape index (κ3) is 6.98. The Bertz CT molecular complexity index is 1820. The van der Waals surface area contributed by atoms with E-state index < -0.39 is 5.54 Å². The molecule has 0 saturated heterocycles. The van der Waals surface area contributed by atoms with E-state index in [0.717, 1.165) is 28.2 Å². The molecule has 0 aliphatic carbocycles. The Morgan fingerprint density at radius 1 is 0.830 bits per heavy atom. The van der Waals surface area contributed by atoms with Crippen LogP contribution in [-0.4, -0.2) is 41.4 Å². The minimum atomic E-state index is -0.677. The summed E-state index contributed by atoms with van der Waals surface area (Å²) in [6, 6.07) is 42.0. The topological polar surface area (TPSA) is 84.3 Å². The average Bonchev–Trinajstić information content (AvgIpc) is 3.55. The summed E-state index contributed by atoms with van der Waals surface area (Å²) in [5.41, 5.74) is 4.43. The molecule has 0 fully saturated rings. The molecule has 47 heavy (non-hydrogen) atoms. The van der Waals surface area contributed by atoms with Gasteiger partial charge in [0.05, 0.1) is 35.9 Å². The zero-order valence-corrected chi connectivity index (χ0v) is 26.9. The Kier molecular flexibility index (Phi) is 9.50. The van der Waals surface area contributed by atoms with Crippen molar-refractivity contribution in [1.82, 2.24) is 14.8 Å². The standard InChI is InChI=1S/C38H35ClN6O2/c1-44(2)34-26-31(39)18-20-33(34)37(46)42-32-19-21-36(40-27-32)47-25-24-45-35(22-23-41-45)43-38(28-12-6-3-7-13-28,29-14-8-4-9-15-29)30-16-10-5-11-17-30/h3-23,26-27,43H,24-25H2,1-2H3,(H,42,46). The second kappa shape index (κ2) is 14.2. The molecular formula is C38H35ClN6O2. The number of rotatable bonds is 12. The number of nitrogens with zero attached hydrogens (tertiary/aromatic N) is 4. The van der Waals surface area contributed by atoms with Crippen molar-refractivity contribution in [3.8, 4) is 5.88 Å². The van der Waals surface area contributed by atoms with Gasteiger partial charge in [-0.25, -0.2) is 9.67 Å². The van der Waals surface area contributed by atoms with Crippen molar-refractivity contribution in [3.05, 3.63) is 167 Å². The second-order valence-corrected chi connectivity index (χ2v) is 11.6. The van der Waals surface area contributed by atoms with Crippen LogP contribution >= 0.6 is 11.6 Å². The van der Waals surface area contributed by atoms with Gasteiger partial charge in [0.15, 0.2) is 0 Å². The van der Waals surface area contributed by atoms with Gasteiger partial charge in [0.2, 0.25) is 5.88 Å². The molecule has 2 aromatic heterocycles. The molecule has 6 aromatic rings. The molecule has 4 aromatic carbocycles. The highest BCUT2D eigenvalue weighted by Gasteiger charge is 2.37. The maximum absolute atomic E-state index is 13.0. The normalized spacial score (nSPS) is 11.1. The molecule has 2 heterocycles. The van der Waals surface area contributed by atoms with Crippen molar-refractivity contribution in [3.63, 3.8) is 0 Å². The number of hydrogen-bond donors (Lipinski definition) is 2. The molecule has 0 saturated carbocycles. The first-order valence-corrected chi connectivity index (χ1v) is 15.7. The highest BCUT2D eigenvalue weighted by atomic mass is 35.5. The summed E-state index contributed by atoms with van der Waals surface area (Å²) in [4.78, 5) is 19.2. The van der Waals surface area contributed by atoms with Crippen LogP contribution in [-0.2, 0) is 12.1 Å². The molecule has 2 N–H and O–H groups in total. The summed E-state index contributed by atoms with van der Waals surface area (Å²) in [6.07, 6.45) is 3.36. The third-order valence-electron chi connectivity index (χ3n) is 7.89. The van der Waals surface area contributed by atoms with Gasteiger partial charge in [0, 0.05) is 31.3 Å². The van der Waals surface area contributed by atoms with E-state index in [1.165, 1.54) is 0 Å². The second-order valence-electron chi connectivity index (χ2n) is 11.2. The van der Waals surface area contributed by atoms with E-state index in [0.29, 0.717) is 35.3 Å². The van der Waals surface area contributed by atoms with Crippen LogP contribution in [0.25, 0.3) is 0 Å². The largest absolute Gasteiger partial charge is 0.476 e. The Morgan fingerprint density at radius 3 is 2.00 bits per heavy atom. The lowest BCUT2D eigenvalue weighted by atomic mass is 9.77. The van der Waals surface area contributed by atoms with E-state index in [1.54, 1.807) is 42.7 Å². The maximum Gasteiger partial charge on any atom is 0.257 e. The van der Waals surface area contributed by atoms with Gasteiger partial charge in [0.25, 0.3) is 5.91 Å². The Hall–Kier alpha value is -5.60. The number of amides is 1. The number of anilines is 3. The van der Waals surface area contributed by atoms with Crippen LogP contribution in [0.2, 0.25) is 5.02 Å². The SMILES string of the molecule is CN(C)c1cc(Cl)ccc1C(=O)Nc1ccc(OCCn2nccc2NC(c2ccccc2)(c2ccccc2)c2ccccc2)nc1. The van der Waals surface area contributed by atoms with E-state index in [2.05, 4.69) is 93.5 Å². The number of hydrogen-bond acceptors (Lipinski definition) is 6. The molecule has 0 unspecified atom stereocenters. The number of aromatic nitrogens is 3. The zero-order valence-electron chi connectivity index (χ0n) is 26.2. The van der Waals surface area contributed by atoms with Gasteiger partial charge in [-0.3, -0.25) is 4.79 Å². The number of ether oxygens (including phenoxy) is 1. The van der Waals surface area contributed by atoms with Crippen molar-refractivity contribution in [2.45, 2.75) is 12.1 Å². The molecule has 0 radical (unpaired) electrons. The molecule has 8 nitrogen and oxygen atoms in total. The van der Waals surface area contributed by atoms with Crippen LogP contribution < -0.4 is 20.3 Å². The van der Waals surface area contributed by atoms with Crippen molar-refractivity contribution >= 4 is 34.7 Å². The number of nitrogens with one attached hydrogen (secondary N) is 2. The summed E-state index contributed by atoms with van der Waals surface area (Å²) in [5, 5.41) is 11.9. The average molecular weight is 643 g/mol. The van der Waals surface area contributed by atoms with Crippen molar-refractivity contribution in [2.24, 2.45) is 0 Å². The van der Waals surface area contributed by atoms with E-state index >= 15 is 0 Å². The molecule has 9 heteroatoms. The third-order valence-corrected chi connectivity index (χ3v) is 8.12. The van der Waals surface area contributed by atoms with Crippen LogP contribution in [0.5, 0.6) is 5.88 Å². The minimum Gasteiger partial charge on any atom is -0.476 e.